The number of hydrogen-bond donors (Lipinski definition) is 1. The predicted molar refractivity (Wildman–Crippen MR) is 62.0 cm³/mol. The number of nitrogens with zero attached hydrogens (tertiary/aromatic N) is 1. The van der Waals surface area contributed by atoms with Crippen LogP contribution >= 0.6 is 0 Å². The lowest BCUT2D eigenvalue weighted by atomic mass is 10.0. The molecule has 1 fully saturated rings. The number of likely N-dealkylation sites (N-methyl/N-ethyl adjacent to an activating group) is 1. The van der Waals surface area contributed by atoms with Crippen LogP contribution in [0.25, 0.3) is 0 Å². The molecule has 1 aliphatic rings. The standard InChI is InChI=1S/C12H25NO2/c1-13(8-5-9-15-2)10-12(14)11-6-3-4-7-11/h11-12,14H,3-10H2,1-2H3. The molecule has 1 rings (SSSR count). The third-order valence-electron chi connectivity index (χ3n) is 3.33. The Morgan fingerprint density at radius 3 is 2.67 bits per heavy atom. The average Bonchev–Trinajstić information content (AvgIpc) is 2.70. The van der Waals surface area contributed by atoms with Gasteiger partial charge in [0.05, 0.1) is 6.10 Å². The van der Waals surface area contributed by atoms with Gasteiger partial charge in [0.15, 0.2) is 0 Å². The molecule has 0 aromatic heterocycles. The zero-order chi connectivity index (χ0) is 11.1. The van der Waals surface area contributed by atoms with Crippen molar-refractivity contribution in [1.29, 1.82) is 0 Å². The molecule has 0 bridgehead atoms. The quantitative estimate of drug-likeness (QED) is 0.653. The summed E-state index contributed by atoms with van der Waals surface area (Å²) in [5.41, 5.74) is 0. The van der Waals surface area contributed by atoms with Crippen molar-refractivity contribution in [1.82, 2.24) is 4.90 Å². The summed E-state index contributed by atoms with van der Waals surface area (Å²) in [5, 5.41) is 10.0. The summed E-state index contributed by atoms with van der Waals surface area (Å²) in [6, 6.07) is 0. The maximum absolute atomic E-state index is 10.0. The van der Waals surface area contributed by atoms with E-state index in [2.05, 4.69) is 11.9 Å². The Morgan fingerprint density at radius 2 is 2.07 bits per heavy atom. The summed E-state index contributed by atoms with van der Waals surface area (Å²) in [7, 11) is 3.81. The SMILES string of the molecule is COCCCN(C)CC(O)C1CCCC1. The molecule has 0 radical (unpaired) electrons. The smallest absolute Gasteiger partial charge is 0.0695 e. The van der Waals surface area contributed by atoms with Crippen molar-refractivity contribution in [2.45, 2.75) is 38.2 Å². The molecule has 1 unspecified atom stereocenters. The molecule has 0 spiro atoms. The molecular formula is C12H25NO2. The minimum Gasteiger partial charge on any atom is -0.392 e. The van der Waals surface area contributed by atoms with E-state index < -0.39 is 0 Å². The summed E-state index contributed by atoms with van der Waals surface area (Å²) in [6.07, 6.45) is 5.95. The van der Waals surface area contributed by atoms with E-state index in [4.69, 9.17) is 4.74 Å². The van der Waals surface area contributed by atoms with E-state index >= 15 is 0 Å². The fourth-order valence-corrected chi connectivity index (χ4v) is 2.38. The van der Waals surface area contributed by atoms with Crippen LogP contribution in [0.3, 0.4) is 0 Å². The van der Waals surface area contributed by atoms with Crippen molar-refractivity contribution >= 4 is 0 Å². The lowest BCUT2D eigenvalue weighted by molar-refractivity contribution is 0.0712. The zero-order valence-electron chi connectivity index (χ0n) is 10.1. The minimum absolute atomic E-state index is 0.125. The lowest BCUT2D eigenvalue weighted by Crippen LogP contribution is -2.34. The molecular weight excluding hydrogens is 190 g/mol. The van der Waals surface area contributed by atoms with Crippen LogP contribution in [0.4, 0.5) is 0 Å². The second-order valence-electron chi connectivity index (χ2n) is 4.72. The number of ether oxygens (including phenoxy) is 1. The van der Waals surface area contributed by atoms with Crippen molar-refractivity contribution in [2.75, 3.05) is 33.9 Å². The Kier molecular flexibility index (Phi) is 6.22. The van der Waals surface area contributed by atoms with E-state index in [0.717, 1.165) is 26.1 Å². The van der Waals surface area contributed by atoms with Gasteiger partial charge >= 0.3 is 0 Å². The molecule has 3 nitrogen and oxygen atoms in total. The molecule has 0 saturated heterocycles. The first-order valence-electron chi connectivity index (χ1n) is 6.09. The Morgan fingerprint density at radius 1 is 1.40 bits per heavy atom. The summed E-state index contributed by atoms with van der Waals surface area (Å²) in [5.74, 6) is 0.551. The van der Waals surface area contributed by atoms with Gasteiger partial charge in [0.1, 0.15) is 0 Å². The molecule has 1 aliphatic carbocycles. The number of rotatable bonds is 7. The molecule has 0 heterocycles. The molecule has 0 aromatic rings. The van der Waals surface area contributed by atoms with Gasteiger partial charge in [0.25, 0.3) is 0 Å². The Balaban J connectivity index is 2.10. The Bertz CT molecular complexity index is 158. The highest BCUT2D eigenvalue weighted by molar-refractivity contribution is 4.76. The highest BCUT2D eigenvalue weighted by Crippen LogP contribution is 2.27. The van der Waals surface area contributed by atoms with Gasteiger partial charge in [-0.15, -0.1) is 0 Å². The first-order valence-corrected chi connectivity index (χ1v) is 6.09. The van der Waals surface area contributed by atoms with Crippen LogP contribution < -0.4 is 0 Å². The maximum Gasteiger partial charge on any atom is 0.0695 e. The Labute approximate surface area is 93.4 Å². The minimum atomic E-state index is -0.125. The van der Waals surface area contributed by atoms with E-state index in [9.17, 15) is 5.11 Å². The molecule has 90 valence electrons. The van der Waals surface area contributed by atoms with Crippen LogP contribution in [-0.2, 0) is 4.74 Å². The predicted octanol–water partition coefficient (Wildman–Crippen LogP) is 1.51. The Hall–Kier alpha value is -0.120. The van der Waals surface area contributed by atoms with Crippen molar-refractivity contribution < 1.29 is 9.84 Å². The van der Waals surface area contributed by atoms with Gasteiger partial charge in [-0.2, -0.15) is 0 Å². The van der Waals surface area contributed by atoms with Crippen molar-refractivity contribution in [3.63, 3.8) is 0 Å². The van der Waals surface area contributed by atoms with Gasteiger partial charge in [-0.25, -0.2) is 0 Å². The number of hydrogen-bond acceptors (Lipinski definition) is 3. The third-order valence-corrected chi connectivity index (χ3v) is 3.33. The molecule has 1 atom stereocenters. The maximum atomic E-state index is 10.0. The van der Waals surface area contributed by atoms with E-state index in [0.29, 0.717) is 5.92 Å². The molecule has 15 heavy (non-hydrogen) atoms. The van der Waals surface area contributed by atoms with Crippen LogP contribution in [0.5, 0.6) is 0 Å². The van der Waals surface area contributed by atoms with E-state index in [1.807, 2.05) is 0 Å². The van der Waals surface area contributed by atoms with Crippen LogP contribution in [0.1, 0.15) is 32.1 Å². The largest absolute Gasteiger partial charge is 0.392 e. The van der Waals surface area contributed by atoms with Crippen molar-refractivity contribution in [3.8, 4) is 0 Å². The molecule has 3 heteroatoms. The first-order chi connectivity index (χ1) is 7.24. The van der Waals surface area contributed by atoms with Gasteiger partial charge in [-0.05, 0) is 32.2 Å². The summed E-state index contributed by atoms with van der Waals surface area (Å²) in [6.45, 7) is 2.63. The van der Waals surface area contributed by atoms with Crippen molar-refractivity contribution in [2.24, 2.45) is 5.92 Å². The summed E-state index contributed by atoms with van der Waals surface area (Å²) in [4.78, 5) is 2.21. The van der Waals surface area contributed by atoms with Gasteiger partial charge in [-0.1, -0.05) is 12.8 Å². The van der Waals surface area contributed by atoms with Crippen LogP contribution in [-0.4, -0.2) is 50.0 Å². The van der Waals surface area contributed by atoms with Gasteiger partial charge in [0.2, 0.25) is 0 Å². The summed E-state index contributed by atoms with van der Waals surface area (Å²) >= 11 is 0. The third kappa shape index (κ3) is 4.96. The van der Waals surface area contributed by atoms with Gasteiger partial charge in [-0.3, -0.25) is 0 Å². The highest BCUT2D eigenvalue weighted by Gasteiger charge is 2.23. The molecule has 0 amide bonds. The molecule has 1 saturated carbocycles. The van der Waals surface area contributed by atoms with Crippen LogP contribution in [0, 0.1) is 5.92 Å². The molecule has 1 N–H and O–H groups in total. The second-order valence-corrected chi connectivity index (χ2v) is 4.72. The van der Waals surface area contributed by atoms with Gasteiger partial charge < -0.3 is 14.7 Å². The van der Waals surface area contributed by atoms with E-state index in [1.54, 1.807) is 7.11 Å². The van der Waals surface area contributed by atoms with Crippen molar-refractivity contribution in [3.05, 3.63) is 0 Å². The lowest BCUT2D eigenvalue weighted by Gasteiger charge is -2.24. The average molecular weight is 215 g/mol. The molecule has 0 aromatic carbocycles. The highest BCUT2D eigenvalue weighted by atomic mass is 16.5. The second kappa shape index (κ2) is 7.20. The first kappa shape index (κ1) is 12.9. The monoisotopic (exact) mass is 215 g/mol. The fourth-order valence-electron chi connectivity index (χ4n) is 2.38. The fraction of sp³-hybridized carbons (Fsp3) is 1.00. The number of aliphatic hydroxyl groups is 1. The van der Waals surface area contributed by atoms with Crippen LogP contribution in [0.15, 0.2) is 0 Å². The zero-order valence-corrected chi connectivity index (χ0v) is 10.1. The normalized spacial score (nSPS) is 20.0. The summed E-state index contributed by atoms with van der Waals surface area (Å²) < 4.78 is 5.01. The van der Waals surface area contributed by atoms with Crippen LogP contribution in [0.2, 0.25) is 0 Å². The molecule has 0 aliphatic heterocycles. The number of methoxy groups -OCH3 is 1. The van der Waals surface area contributed by atoms with E-state index in [-0.39, 0.29) is 6.10 Å². The van der Waals surface area contributed by atoms with E-state index in [1.165, 1.54) is 25.7 Å². The topological polar surface area (TPSA) is 32.7 Å². The van der Waals surface area contributed by atoms with Gasteiger partial charge in [0, 0.05) is 26.8 Å². The number of aliphatic hydroxyl groups excluding tert-OH is 1.